The van der Waals surface area contributed by atoms with Crippen molar-refractivity contribution in [1.29, 1.82) is 0 Å². The van der Waals surface area contributed by atoms with Gasteiger partial charge in [0.1, 0.15) is 7.85 Å². The van der Waals surface area contributed by atoms with Crippen molar-refractivity contribution in [3.05, 3.63) is 134 Å². The molecule has 0 aliphatic rings. The van der Waals surface area contributed by atoms with Crippen LogP contribution in [0.5, 0.6) is 0 Å². The van der Waals surface area contributed by atoms with Crippen molar-refractivity contribution < 1.29 is 0 Å². The van der Waals surface area contributed by atoms with Crippen molar-refractivity contribution in [2.75, 3.05) is 0 Å². The fourth-order valence-electron chi connectivity index (χ4n) is 5.34. The van der Waals surface area contributed by atoms with Crippen LogP contribution in [0.15, 0.2) is 134 Å². The predicted octanol–water partition coefficient (Wildman–Crippen LogP) is 6.83. The van der Waals surface area contributed by atoms with Gasteiger partial charge in [-0.05, 0) is 77.9 Å². The van der Waals surface area contributed by atoms with E-state index in [1.807, 2.05) is 36.7 Å². The van der Waals surface area contributed by atoms with Crippen LogP contribution in [0.3, 0.4) is 0 Å². The van der Waals surface area contributed by atoms with Crippen LogP contribution in [0, 0.1) is 0 Å². The molecule has 0 saturated heterocycles. The Labute approximate surface area is 222 Å². The van der Waals surface area contributed by atoms with E-state index < -0.39 is 0 Å². The van der Waals surface area contributed by atoms with Crippen LogP contribution < -0.4 is 5.46 Å². The molecule has 4 heteroatoms. The summed E-state index contributed by atoms with van der Waals surface area (Å²) in [5.41, 5.74) is 11.1. The number of hydrogen-bond acceptors (Lipinski definition) is 2. The summed E-state index contributed by atoms with van der Waals surface area (Å²) in [4.78, 5) is 9.26. The molecule has 38 heavy (non-hydrogen) atoms. The van der Waals surface area contributed by atoms with Crippen molar-refractivity contribution in [2.24, 2.45) is 0 Å². The van der Waals surface area contributed by atoms with Crippen molar-refractivity contribution >= 4 is 35.1 Å². The Bertz CT molecular complexity index is 1870. The number of nitrogens with zero attached hydrogens (tertiary/aromatic N) is 3. The molecule has 7 rings (SSSR count). The molecule has 0 spiro atoms. The van der Waals surface area contributed by atoms with E-state index in [9.17, 15) is 0 Å². The molecule has 3 nitrogen and oxygen atoms in total. The SMILES string of the molecule is Bc1ccc2c3ccccc3n(-c3cccc(-c4cc(-c5ccccn5)cc(-c5ccccn5)c4)c3)c2c1. The van der Waals surface area contributed by atoms with E-state index in [0.717, 1.165) is 39.3 Å². The van der Waals surface area contributed by atoms with E-state index in [2.05, 4.69) is 119 Å². The van der Waals surface area contributed by atoms with Gasteiger partial charge in [-0.3, -0.25) is 9.97 Å². The number of aromatic nitrogens is 3. The van der Waals surface area contributed by atoms with Gasteiger partial charge in [-0.1, -0.05) is 60.1 Å². The van der Waals surface area contributed by atoms with Crippen LogP contribution in [-0.4, -0.2) is 22.4 Å². The van der Waals surface area contributed by atoms with Crippen molar-refractivity contribution in [2.45, 2.75) is 0 Å². The lowest BCUT2D eigenvalue weighted by atomic mass is 9.95. The summed E-state index contributed by atoms with van der Waals surface area (Å²) < 4.78 is 2.38. The van der Waals surface area contributed by atoms with Crippen molar-refractivity contribution in [3.8, 4) is 39.3 Å². The highest BCUT2D eigenvalue weighted by atomic mass is 15.0. The van der Waals surface area contributed by atoms with Gasteiger partial charge in [0.15, 0.2) is 0 Å². The standard InChI is InChI=1S/C34H24BN3/c35-27-14-15-30-29-10-1-2-13-33(29)38(34(30)22-27)28-9-7-8-23(21-28)24-18-25(31-11-3-5-16-36-31)20-26(19-24)32-12-4-6-17-37-32/h1-22H,35H2. The first kappa shape index (κ1) is 22.3. The molecule has 0 aliphatic heterocycles. The summed E-state index contributed by atoms with van der Waals surface area (Å²) in [7, 11) is 2.15. The van der Waals surface area contributed by atoms with E-state index in [4.69, 9.17) is 0 Å². The van der Waals surface area contributed by atoms with Gasteiger partial charge in [-0.2, -0.15) is 0 Å². The largest absolute Gasteiger partial charge is 0.309 e. The van der Waals surface area contributed by atoms with Gasteiger partial charge in [-0.25, -0.2) is 0 Å². The molecular formula is C34H24BN3. The highest BCUT2D eigenvalue weighted by Gasteiger charge is 2.14. The maximum Gasteiger partial charge on any atom is 0.139 e. The normalized spacial score (nSPS) is 11.3. The Morgan fingerprint density at radius 3 is 1.84 bits per heavy atom. The highest BCUT2D eigenvalue weighted by Crippen LogP contribution is 2.35. The molecular weight excluding hydrogens is 461 g/mol. The average Bonchev–Trinajstić information content (AvgIpc) is 3.31. The summed E-state index contributed by atoms with van der Waals surface area (Å²) in [6, 6.07) is 42.9. The minimum atomic E-state index is 0.945. The molecule has 3 heterocycles. The second-order valence-corrected chi connectivity index (χ2v) is 9.65. The van der Waals surface area contributed by atoms with Crippen LogP contribution in [0.1, 0.15) is 0 Å². The summed E-state index contributed by atoms with van der Waals surface area (Å²) in [6.45, 7) is 0. The number of fused-ring (bicyclic) bond motifs is 3. The molecule has 0 fully saturated rings. The number of para-hydroxylation sites is 1. The molecule has 0 saturated carbocycles. The Morgan fingerprint density at radius 2 is 1.13 bits per heavy atom. The Morgan fingerprint density at radius 1 is 0.474 bits per heavy atom. The molecule has 178 valence electrons. The van der Waals surface area contributed by atoms with Crippen molar-refractivity contribution in [1.82, 2.24) is 14.5 Å². The number of benzene rings is 4. The van der Waals surface area contributed by atoms with Crippen LogP contribution in [-0.2, 0) is 0 Å². The fraction of sp³-hybridized carbons (Fsp3) is 0. The van der Waals surface area contributed by atoms with Gasteiger partial charge in [-0.15, -0.1) is 0 Å². The first-order chi connectivity index (χ1) is 18.7. The van der Waals surface area contributed by atoms with Crippen molar-refractivity contribution in [3.63, 3.8) is 0 Å². The second-order valence-electron chi connectivity index (χ2n) is 9.65. The predicted molar refractivity (Wildman–Crippen MR) is 161 cm³/mol. The van der Waals surface area contributed by atoms with Crippen LogP contribution in [0.4, 0.5) is 0 Å². The molecule has 7 aromatic rings. The van der Waals surface area contributed by atoms with E-state index in [1.165, 1.54) is 27.3 Å². The molecule has 0 atom stereocenters. The number of rotatable bonds is 4. The van der Waals surface area contributed by atoms with Gasteiger partial charge >= 0.3 is 0 Å². The van der Waals surface area contributed by atoms with E-state index >= 15 is 0 Å². The Hall–Kier alpha value is -4.96. The first-order valence-electron chi connectivity index (χ1n) is 12.8. The second kappa shape index (κ2) is 9.17. The smallest absolute Gasteiger partial charge is 0.139 e. The topological polar surface area (TPSA) is 30.7 Å². The first-order valence-corrected chi connectivity index (χ1v) is 12.8. The molecule has 0 radical (unpaired) electrons. The van der Waals surface area contributed by atoms with E-state index in [0.29, 0.717) is 0 Å². The summed E-state index contributed by atoms with van der Waals surface area (Å²) >= 11 is 0. The van der Waals surface area contributed by atoms with E-state index in [-0.39, 0.29) is 0 Å². The van der Waals surface area contributed by atoms with Gasteiger partial charge in [0.05, 0.1) is 22.4 Å². The van der Waals surface area contributed by atoms with Gasteiger partial charge in [0.2, 0.25) is 0 Å². The molecule has 0 unspecified atom stereocenters. The third-order valence-corrected chi connectivity index (χ3v) is 7.12. The lowest BCUT2D eigenvalue weighted by Crippen LogP contribution is -2.02. The lowest BCUT2D eigenvalue weighted by molar-refractivity contribution is 1.18. The zero-order valence-electron chi connectivity index (χ0n) is 21.0. The maximum atomic E-state index is 4.63. The molecule has 0 amide bonds. The molecule has 0 N–H and O–H groups in total. The minimum Gasteiger partial charge on any atom is -0.309 e. The van der Waals surface area contributed by atoms with Gasteiger partial charge < -0.3 is 4.57 Å². The summed E-state index contributed by atoms with van der Waals surface area (Å²) in [5, 5.41) is 2.54. The maximum absolute atomic E-state index is 4.63. The zero-order chi connectivity index (χ0) is 25.5. The van der Waals surface area contributed by atoms with Crippen LogP contribution >= 0.6 is 0 Å². The summed E-state index contributed by atoms with van der Waals surface area (Å²) in [6.07, 6.45) is 3.68. The minimum absolute atomic E-state index is 0.945. The summed E-state index contributed by atoms with van der Waals surface area (Å²) in [5.74, 6) is 0. The molecule has 3 aromatic heterocycles. The monoisotopic (exact) mass is 485 g/mol. The third-order valence-electron chi connectivity index (χ3n) is 7.12. The van der Waals surface area contributed by atoms with Crippen LogP contribution in [0.2, 0.25) is 0 Å². The Balaban J connectivity index is 1.44. The number of hydrogen-bond donors (Lipinski definition) is 0. The molecule has 0 bridgehead atoms. The Kier molecular flexibility index (Phi) is 5.37. The fourth-order valence-corrected chi connectivity index (χ4v) is 5.34. The zero-order valence-corrected chi connectivity index (χ0v) is 21.0. The lowest BCUT2D eigenvalue weighted by Gasteiger charge is -2.13. The van der Waals surface area contributed by atoms with Crippen LogP contribution in [0.25, 0.3) is 61.1 Å². The van der Waals surface area contributed by atoms with E-state index in [1.54, 1.807) is 0 Å². The number of pyridine rings is 2. The highest BCUT2D eigenvalue weighted by molar-refractivity contribution is 6.33. The molecule has 4 aromatic carbocycles. The average molecular weight is 485 g/mol. The third kappa shape index (κ3) is 3.87. The molecule has 0 aliphatic carbocycles. The quantitative estimate of drug-likeness (QED) is 0.256. The van der Waals surface area contributed by atoms with Gasteiger partial charge in [0, 0.05) is 40.0 Å². The van der Waals surface area contributed by atoms with Gasteiger partial charge in [0.25, 0.3) is 0 Å².